The third-order valence-electron chi connectivity index (χ3n) is 3.19. The molecule has 4 heteroatoms. The van der Waals surface area contributed by atoms with Crippen molar-refractivity contribution >= 4 is 28.6 Å². The predicted octanol–water partition coefficient (Wildman–Crippen LogP) is 4.19. The van der Waals surface area contributed by atoms with Gasteiger partial charge in [0.25, 0.3) is 0 Å². The second kappa shape index (κ2) is 6.26. The number of carboxylic acid groups (broad SMARTS) is 1. The molecule has 2 rings (SSSR count). The van der Waals surface area contributed by atoms with E-state index >= 15 is 0 Å². The summed E-state index contributed by atoms with van der Waals surface area (Å²) in [5.74, 6) is -0.569. The molecule has 0 fully saturated rings. The number of rotatable bonds is 4. The van der Waals surface area contributed by atoms with E-state index in [1.807, 2.05) is 38.1 Å². The molecule has 0 heterocycles. The van der Waals surface area contributed by atoms with Crippen molar-refractivity contribution in [1.29, 1.82) is 0 Å². The van der Waals surface area contributed by atoms with Crippen molar-refractivity contribution < 1.29 is 14.6 Å². The van der Waals surface area contributed by atoms with Crippen LogP contribution in [0, 0.1) is 17.4 Å². The van der Waals surface area contributed by atoms with Gasteiger partial charge in [0.15, 0.2) is 0 Å². The maximum absolute atomic E-state index is 11.2. The number of carbonyl (C=O) groups is 1. The monoisotopic (exact) mass is 382 g/mol. The summed E-state index contributed by atoms with van der Waals surface area (Å²) in [5.41, 5.74) is 3.59. The molecule has 0 aromatic heterocycles. The van der Waals surface area contributed by atoms with Gasteiger partial charge in [-0.2, -0.15) is 0 Å². The maximum atomic E-state index is 11.2. The van der Waals surface area contributed by atoms with Crippen molar-refractivity contribution in [3.8, 4) is 5.75 Å². The zero-order valence-electron chi connectivity index (χ0n) is 11.3. The van der Waals surface area contributed by atoms with Crippen LogP contribution in [0.1, 0.15) is 27.0 Å². The minimum absolute atomic E-state index is 0.197. The molecule has 20 heavy (non-hydrogen) atoms. The molecule has 0 saturated carbocycles. The number of aryl methyl sites for hydroxylation is 2. The second-order valence-electron chi connectivity index (χ2n) is 4.60. The van der Waals surface area contributed by atoms with E-state index in [9.17, 15) is 9.90 Å². The Morgan fingerprint density at radius 2 is 1.85 bits per heavy atom. The fourth-order valence-electron chi connectivity index (χ4n) is 2.02. The Balaban J connectivity index is 2.25. The molecule has 1 N–H and O–H groups in total. The molecule has 0 atom stereocenters. The maximum Gasteiger partial charge on any atom is 0.339 e. The molecule has 0 aliphatic carbocycles. The molecule has 0 amide bonds. The molecule has 0 saturated heterocycles. The predicted molar refractivity (Wildman–Crippen MR) is 86.4 cm³/mol. The van der Waals surface area contributed by atoms with Crippen LogP contribution in [0.25, 0.3) is 0 Å². The number of aromatic carboxylic acids is 1. The Morgan fingerprint density at radius 1 is 1.20 bits per heavy atom. The number of hydrogen-bond donors (Lipinski definition) is 1. The van der Waals surface area contributed by atoms with Gasteiger partial charge in [-0.05, 0) is 71.3 Å². The van der Waals surface area contributed by atoms with Gasteiger partial charge in [-0.3, -0.25) is 0 Å². The average molecular weight is 382 g/mol. The first-order valence-electron chi connectivity index (χ1n) is 6.20. The highest BCUT2D eigenvalue weighted by molar-refractivity contribution is 14.1. The summed E-state index contributed by atoms with van der Waals surface area (Å²) in [7, 11) is 0. The Bertz CT molecular complexity index is 630. The van der Waals surface area contributed by atoms with Crippen molar-refractivity contribution in [1.82, 2.24) is 0 Å². The minimum Gasteiger partial charge on any atom is -0.488 e. The molecule has 3 nitrogen and oxygen atoms in total. The summed E-state index contributed by atoms with van der Waals surface area (Å²) in [6.07, 6.45) is 0. The molecule has 0 radical (unpaired) electrons. The van der Waals surface area contributed by atoms with Gasteiger partial charge in [0.1, 0.15) is 17.9 Å². The van der Waals surface area contributed by atoms with Crippen LogP contribution in [-0.2, 0) is 6.61 Å². The average Bonchev–Trinajstić information content (AvgIpc) is 2.39. The number of benzene rings is 2. The molecule has 0 unspecified atom stereocenters. The fraction of sp³-hybridized carbons (Fsp3) is 0.188. The third kappa shape index (κ3) is 3.30. The van der Waals surface area contributed by atoms with Crippen LogP contribution in [0.15, 0.2) is 36.4 Å². The first-order chi connectivity index (χ1) is 9.49. The summed E-state index contributed by atoms with van der Waals surface area (Å²) >= 11 is 2.09. The van der Waals surface area contributed by atoms with Crippen LogP contribution in [-0.4, -0.2) is 11.1 Å². The Morgan fingerprint density at radius 3 is 2.45 bits per heavy atom. The van der Waals surface area contributed by atoms with Crippen molar-refractivity contribution in [2.75, 3.05) is 0 Å². The van der Waals surface area contributed by atoms with Crippen molar-refractivity contribution in [2.45, 2.75) is 20.5 Å². The lowest BCUT2D eigenvalue weighted by molar-refractivity contribution is 0.0691. The van der Waals surface area contributed by atoms with Crippen LogP contribution >= 0.6 is 22.6 Å². The van der Waals surface area contributed by atoms with Gasteiger partial charge in [-0.1, -0.05) is 18.2 Å². The number of carboxylic acids is 1. The van der Waals surface area contributed by atoms with Gasteiger partial charge < -0.3 is 9.84 Å². The molecular formula is C16H15IO3. The van der Waals surface area contributed by atoms with Crippen LogP contribution in [0.5, 0.6) is 5.75 Å². The number of ether oxygens (including phenoxy) is 1. The topological polar surface area (TPSA) is 46.5 Å². The molecule has 0 aliphatic heterocycles. The normalized spacial score (nSPS) is 10.3. The highest BCUT2D eigenvalue weighted by Crippen LogP contribution is 2.23. The van der Waals surface area contributed by atoms with E-state index < -0.39 is 5.97 Å². The highest BCUT2D eigenvalue weighted by atomic mass is 127. The third-order valence-corrected chi connectivity index (χ3v) is 3.86. The molecule has 2 aromatic rings. The second-order valence-corrected chi connectivity index (χ2v) is 5.85. The zero-order valence-corrected chi connectivity index (χ0v) is 13.5. The van der Waals surface area contributed by atoms with E-state index in [0.29, 0.717) is 12.4 Å². The van der Waals surface area contributed by atoms with Gasteiger partial charge in [0, 0.05) is 3.57 Å². The van der Waals surface area contributed by atoms with E-state index in [1.54, 1.807) is 12.1 Å². The summed E-state index contributed by atoms with van der Waals surface area (Å²) in [6.45, 7) is 4.43. The molecule has 2 aromatic carbocycles. The van der Waals surface area contributed by atoms with Crippen LogP contribution in [0.4, 0.5) is 0 Å². The van der Waals surface area contributed by atoms with E-state index in [-0.39, 0.29) is 5.56 Å². The lowest BCUT2D eigenvalue weighted by atomic mass is 10.0. The largest absolute Gasteiger partial charge is 0.488 e. The highest BCUT2D eigenvalue weighted by Gasteiger charge is 2.12. The first kappa shape index (κ1) is 14.8. The van der Waals surface area contributed by atoms with Crippen molar-refractivity contribution in [3.05, 3.63) is 62.2 Å². The van der Waals surface area contributed by atoms with E-state index in [0.717, 1.165) is 20.3 Å². The summed E-state index contributed by atoms with van der Waals surface area (Å²) < 4.78 is 6.59. The summed E-state index contributed by atoms with van der Waals surface area (Å²) in [4.78, 5) is 11.2. The SMILES string of the molecule is Cc1cccc(C)c1COc1ccc(I)cc1C(=O)O. The van der Waals surface area contributed by atoms with Crippen molar-refractivity contribution in [2.24, 2.45) is 0 Å². The van der Waals surface area contributed by atoms with Gasteiger partial charge >= 0.3 is 5.97 Å². The molecule has 0 bridgehead atoms. The van der Waals surface area contributed by atoms with Gasteiger partial charge in [0.05, 0.1) is 0 Å². The van der Waals surface area contributed by atoms with Crippen LogP contribution in [0.2, 0.25) is 0 Å². The fourth-order valence-corrected chi connectivity index (χ4v) is 2.51. The molecule has 0 aliphatic rings. The number of hydrogen-bond acceptors (Lipinski definition) is 2. The number of halogens is 1. The van der Waals surface area contributed by atoms with Gasteiger partial charge in [-0.25, -0.2) is 4.79 Å². The van der Waals surface area contributed by atoms with Crippen molar-refractivity contribution in [3.63, 3.8) is 0 Å². The Kier molecular flexibility index (Phi) is 4.65. The van der Waals surface area contributed by atoms with Gasteiger partial charge in [0.2, 0.25) is 0 Å². The lowest BCUT2D eigenvalue weighted by Gasteiger charge is -2.13. The van der Waals surface area contributed by atoms with Crippen LogP contribution < -0.4 is 4.74 Å². The molecular weight excluding hydrogens is 367 g/mol. The summed E-state index contributed by atoms with van der Waals surface area (Å²) in [6, 6.07) is 11.2. The standard InChI is InChI=1S/C16H15IO3/c1-10-4-3-5-11(2)14(10)9-20-15-7-6-12(17)8-13(15)16(18)19/h3-8H,9H2,1-2H3,(H,18,19). The lowest BCUT2D eigenvalue weighted by Crippen LogP contribution is -2.05. The van der Waals surface area contributed by atoms with E-state index in [1.165, 1.54) is 0 Å². The first-order valence-corrected chi connectivity index (χ1v) is 7.27. The Labute approximate surface area is 131 Å². The minimum atomic E-state index is -0.972. The smallest absolute Gasteiger partial charge is 0.339 e. The summed E-state index contributed by atoms with van der Waals surface area (Å²) in [5, 5.41) is 9.21. The zero-order chi connectivity index (χ0) is 14.7. The molecule has 0 spiro atoms. The molecule has 104 valence electrons. The Hall–Kier alpha value is -1.56. The van der Waals surface area contributed by atoms with E-state index in [2.05, 4.69) is 22.6 Å². The van der Waals surface area contributed by atoms with E-state index in [4.69, 9.17) is 4.74 Å². The quantitative estimate of drug-likeness (QED) is 0.807. The van der Waals surface area contributed by atoms with Gasteiger partial charge in [-0.15, -0.1) is 0 Å². The van der Waals surface area contributed by atoms with Crippen LogP contribution in [0.3, 0.4) is 0 Å².